The van der Waals surface area contributed by atoms with Gasteiger partial charge in [-0.3, -0.25) is 9.69 Å². The van der Waals surface area contributed by atoms with E-state index in [4.69, 9.17) is 4.74 Å². The Morgan fingerprint density at radius 3 is 2.82 bits per heavy atom. The number of aryl methyl sites for hydroxylation is 1. The van der Waals surface area contributed by atoms with Crippen LogP contribution in [0.25, 0.3) is 10.9 Å². The van der Waals surface area contributed by atoms with Crippen molar-refractivity contribution in [3.8, 4) is 0 Å². The summed E-state index contributed by atoms with van der Waals surface area (Å²) in [5.74, 6) is 0.655. The van der Waals surface area contributed by atoms with Crippen molar-refractivity contribution in [2.24, 2.45) is 0 Å². The van der Waals surface area contributed by atoms with E-state index in [1.807, 2.05) is 12.1 Å². The monoisotopic (exact) mass is 444 g/mol. The summed E-state index contributed by atoms with van der Waals surface area (Å²) < 4.78 is 7.01. The van der Waals surface area contributed by atoms with Crippen molar-refractivity contribution in [2.75, 3.05) is 20.3 Å². The van der Waals surface area contributed by atoms with E-state index in [2.05, 4.69) is 68.7 Å². The van der Waals surface area contributed by atoms with Gasteiger partial charge in [-0.2, -0.15) is 0 Å². The van der Waals surface area contributed by atoms with Gasteiger partial charge in [-0.25, -0.2) is 4.68 Å². The summed E-state index contributed by atoms with van der Waals surface area (Å²) in [5.41, 5.74) is 5.23. The van der Waals surface area contributed by atoms with Gasteiger partial charge in [-0.1, -0.05) is 37.3 Å². The standard InChI is InChI=1S/C25H28N6O2/c1-3-17-8-9-22-20(14-17)15-21(25(32)26-22)23(24-27-28-29-31(24)12-13-33-2)30-11-10-18-6-4-5-7-19(18)16-30/h4-9,14-15,23H,3,10-13,16H2,1-2H3,(H,26,32). The number of H-pyrrole nitrogens is 1. The predicted octanol–water partition coefficient (Wildman–Crippen LogP) is 2.87. The summed E-state index contributed by atoms with van der Waals surface area (Å²) in [6.07, 6.45) is 1.85. The van der Waals surface area contributed by atoms with Crippen LogP contribution >= 0.6 is 0 Å². The Morgan fingerprint density at radius 1 is 1.15 bits per heavy atom. The molecule has 2 aromatic heterocycles. The molecule has 0 spiro atoms. The van der Waals surface area contributed by atoms with Crippen molar-refractivity contribution in [2.45, 2.75) is 38.9 Å². The molecular weight excluding hydrogens is 416 g/mol. The molecule has 0 fully saturated rings. The number of benzene rings is 2. The second kappa shape index (κ2) is 9.25. The molecule has 1 atom stereocenters. The lowest BCUT2D eigenvalue weighted by Crippen LogP contribution is -2.38. The highest BCUT2D eigenvalue weighted by Gasteiger charge is 2.32. The number of nitrogens with zero attached hydrogens (tertiary/aromatic N) is 5. The molecule has 1 aliphatic heterocycles. The van der Waals surface area contributed by atoms with Gasteiger partial charge in [0.25, 0.3) is 5.56 Å². The number of tetrazole rings is 1. The molecule has 0 saturated carbocycles. The lowest BCUT2D eigenvalue weighted by Gasteiger charge is -2.34. The summed E-state index contributed by atoms with van der Waals surface area (Å²) in [4.78, 5) is 18.7. The van der Waals surface area contributed by atoms with Crippen LogP contribution in [-0.4, -0.2) is 50.4 Å². The van der Waals surface area contributed by atoms with Crippen LogP contribution in [0.1, 0.15) is 41.0 Å². The summed E-state index contributed by atoms with van der Waals surface area (Å²) in [7, 11) is 1.66. The van der Waals surface area contributed by atoms with Crippen molar-refractivity contribution in [3.63, 3.8) is 0 Å². The first kappa shape index (κ1) is 21.5. The molecule has 0 saturated heterocycles. The topological polar surface area (TPSA) is 88.9 Å². The maximum atomic E-state index is 13.4. The molecule has 2 aromatic carbocycles. The smallest absolute Gasteiger partial charge is 0.253 e. The third kappa shape index (κ3) is 4.19. The number of nitrogens with one attached hydrogen (secondary N) is 1. The maximum absolute atomic E-state index is 13.4. The van der Waals surface area contributed by atoms with Crippen molar-refractivity contribution < 1.29 is 4.74 Å². The van der Waals surface area contributed by atoms with Crippen LogP contribution in [0.2, 0.25) is 0 Å². The summed E-state index contributed by atoms with van der Waals surface area (Å²) in [5, 5.41) is 13.5. The number of hydrogen-bond donors (Lipinski definition) is 1. The molecule has 4 aromatic rings. The van der Waals surface area contributed by atoms with E-state index in [0.29, 0.717) is 24.5 Å². The number of methoxy groups -OCH3 is 1. The molecule has 0 aliphatic carbocycles. The minimum Gasteiger partial charge on any atom is -0.383 e. The maximum Gasteiger partial charge on any atom is 0.253 e. The Balaban J connectivity index is 1.64. The van der Waals surface area contributed by atoms with Crippen LogP contribution in [-0.2, 0) is 30.7 Å². The third-order valence-electron chi connectivity index (χ3n) is 6.48. The van der Waals surface area contributed by atoms with Crippen molar-refractivity contribution in [1.29, 1.82) is 0 Å². The first-order valence-electron chi connectivity index (χ1n) is 11.4. The number of hydrogen-bond acceptors (Lipinski definition) is 6. The average molecular weight is 445 g/mol. The number of fused-ring (bicyclic) bond motifs is 2. The third-order valence-corrected chi connectivity index (χ3v) is 6.48. The van der Waals surface area contributed by atoms with Gasteiger partial charge in [0.05, 0.1) is 13.2 Å². The van der Waals surface area contributed by atoms with Crippen LogP contribution in [0.15, 0.2) is 53.3 Å². The van der Waals surface area contributed by atoms with Crippen LogP contribution in [0, 0.1) is 0 Å². The lowest BCUT2D eigenvalue weighted by atomic mass is 9.95. The fraction of sp³-hybridized carbons (Fsp3) is 0.360. The number of pyridine rings is 1. The van der Waals surface area contributed by atoms with Crippen LogP contribution in [0.4, 0.5) is 0 Å². The minimum atomic E-state index is -0.372. The quantitative estimate of drug-likeness (QED) is 0.472. The molecular formula is C25H28N6O2. The molecule has 170 valence electrons. The molecule has 0 radical (unpaired) electrons. The highest BCUT2D eigenvalue weighted by atomic mass is 16.5. The first-order valence-corrected chi connectivity index (χ1v) is 11.4. The number of rotatable bonds is 7. The largest absolute Gasteiger partial charge is 0.383 e. The molecule has 1 unspecified atom stereocenters. The van der Waals surface area contributed by atoms with Gasteiger partial charge in [0.1, 0.15) is 6.04 Å². The molecule has 5 rings (SSSR count). The molecule has 3 heterocycles. The summed E-state index contributed by atoms with van der Waals surface area (Å²) in [6.45, 7) is 4.67. The van der Waals surface area contributed by atoms with E-state index >= 15 is 0 Å². The molecule has 8 heteroatoms. The first-order chi connectivity index (χ1) is 16.2. The average Bonchev–Trinajstić information content (AvgIpc) is 3.31. The Kier molecular flexibility index (Phi) is 6.02. The van der Waals surface area contributed by atoms with Gasteiger partial charge >= 0.3 is 0 Å². The number of aromatic amines is 1. The Labute approximate surface area is 192 Å². The van der Waals surface area contributed by atoms with E-state index in [1.165, 1.54) is 16.7 Å². The molecule has 0 bridgehead atoms. The number of aromatic nitrogens is 5. The van der Waals surface area contributed by atoms with Gasteiger partial charge in [-0.15, -0.1) is 5.10 Å². The fourth-order valence-corrected chi connectivity index (χ4v) is 4.68. The van der Waals surface area contributed by atoms with Gasteiger partial charge in [0, 0.05) is 31.3 Å². The fourth-order valence-electron chi connectivity index (χ4n) is 4.68. The molecule has 8 nitrogen and oxygen atoms in total. The van der Waals surface area contributed by atoms with Crippen LogP contribution in [0.5, 0.6) is 0 Å². The highest BCUT2D eigenvalue weighted by Crippen LogP contribution is 2.31. The predicted molar refractivity (Wildman–Crippen MR) is 126 cm³/mol. The van der Waals surface area contributed by atoms with Crippen molar-refractivity contribution in [1.82, 2.24) is 30.1 Å². The van der Waals surface area contributed by atoms with Gasteiger partial charge < -0.3 is 9.72 Å². The SMILES string of the molecule is CCc1ccc2[nH]c(=O)c(C(c3nnnn3CCOC)N3CCc4ccccc4C3)cc2c1. The van der Waals surface area contributed by atoms with Gasteiger partial charge in [0.2, 0.25) is 0 Å². The summed E-state index contributed by atoms with van der Waals surface area (Å²) >= 11 is 0. The van der Waals surface area contributed by atoms with Gasteiger partial charge in [0.15, 0.2) is 5.82 Å². The second-order valence-corrected chi connectivity index (χ2v) is 8.47. The van der Waals surface area contributed by atoms with E-state index in [9.17, 15) is 4.79 Å². The van der Waals surface area contributed by atoms with E-state index < -0.39 is 0 Å². The lowest BCUT2D eigenvalue weighted by molar-refractivity contribution is 0.169. The second-order valence-electron chi connectivity index (χ2n) is 8.47. The zero-order valence-electron chi connectivity index (χ0n) is 19.0. The Hall–Kier alpha value is -3.36. The zero-order valence-corrected chi connectivity index (χ0v) is 19.0. The van der Waals surface area contributed by atoms with E-state index in [0.717, 1.165) is 36.8 Å². The highest BCUT2D eigenvalue weighted by molar-refractivity contribution is 5.80. The van der Waals surface area contributed by atoms with Crippen molar-refractivity contribution >= 4 is 10.9 Å². The van der Waals surface area contributed by atoms with E-state index in [-0.39, 0.29) is 11.6 Å². The summed E-state index contributed by atoms with van der Waals surface area (Å²) in [6, 6.07) is 16.3. The van der Waals surface area contributed by atoms with Crippen LogP contribution in [0.3, 0.4) is 0 Å². The molecule has 33 heavy (non-hydrogen) atoms. The Morgan fingerprint density at radius 2 is 2.00 bits per heavy atom. The molecule has 1 N–H and O–H groups in total. The van der Waals surface area contributed by atoms with Crippen LogP contribution < -0.4 is 5.56 Å². The molecule has 0 amide bonds. The normalized spacial score (nSPS) is 15.0. The minimum absolute atomic E-state index is 0.114. The van der Waals surface area contributed by atoms with Gasteiger partial charge in [-0.05, 0) is 63.5 Å². The Bertz CT molecular complexity index is 1330. The zero-order chi connectivity index (χ0) is 22.8. The van der Waals surface area contributed by atoms with Crippen molar-refractivity contribution in [3.05, 3.63) is 87.0 Å². The molecule has 1 aliphatic rings. The number of ether oxygens (including phenoxy) is 1. The van der Waals surface area contributed by atoms with E-state index in [1.54, 1.807) is 11.8 Å².